The van der Waals surface area contributed by atoms with Crippen LogP contribution >= 0.6 is 0 Å². The molecule has 2 aromatic carbocycles. The lowest BCUT2D eigenvalue weighted by molar-refractivity contribution is 0.452. The summed E-state index contributed by atoms with van der Waals surface area (Å²) >= 11 is 0. The van der Waals surface area contributed by atoms with Crippen molar-refractivity contribution in [2.45, 2.75) is 119 Å². The standard InChI is InChI=1S/C15H10O5.16CH4/c16-9-3-1-8(2-4-9)13-7-12(19)15-11(18)5-10(17)6-14(15)20-13;;;;;;;;;;;;;;;;/h1-7,16-18H;16*1H4. The zero-order valence-electron chi connectivity index (χ0n) is 10.2. The van der Waals surface area contributed by atoms with Gasteiger partial charge in [-0.3, -0.25) is 4.79 Å². The topological polar surface area (TPSA) is 90.9 Å². The molecule has 3 aromatic rings. The summed E-state index contributed by atoms with van der Waals surface area (Å²) in [5, 5.41) is 28.4. The van der Waals surface area contributed by atoms with Gasteiger partial charge in [0.05, 0.1) is 0 Å². The molecule has 0 unspecified atom stereocenters. The van der Waals surface area contributed by atoms with E-state index in [-0.39, 0.29) is 153 Å². The predicted octanol–water partition coefficient (Wildman–Crippen LogP) is 12.8. The second-order valence-electron chi connectivity index (χ2n) is 4.36. The zero-order valence-corrected chi connectivity index (χ0v) is 10.2. The highest BCUT2D eigenvalue weighted by Gasteiger charge is 2.12. The third-order valence-corrected chi connectivity index (χ3v) is 2.95. The highest BCUT2D eigenvalue weighted by atomic mass is 16.3. The van der Waals surface area contributed by atoms with Gasteiger partial charge in [-0.1, -0.05) is 119 Å². The normalized spacial score (nSPS) is 6.00. The minimum atomic E-state index is -0.410. The minimum Gasteiger partial charge on any atom is -0.508 e. The molecular formula is C31H74O5. The smallest absolute Gasteiger partial charge is 0.197 e. The number of hydrogen-bond donors (Lipinski definition) is 3. The van der Waals surface area contributed by atoms with Crippen LogP contribution < -0.4 is 5.43 Å². The van der Waals surface area contributed by atoms with Gasteiger partial charge in [-0.2, -0.15) is 0 Å². The first-order chi connectivity index (χ1) is 9.54. The molecule has 0 aliphatic heterocycles. The second-order valence-corrected chi connectivity index (χ2v) is 4.36. The number of hydrogen-bond acceptors (Lipinski definition) is 5. The fraction of sp³-hybridized carbons (Fsp3) is 0.516. The van der Waals surface area contributed by atoms with Gasteiger partial charge in [0.25, 0.3) is 0 Å². The first kappa shape index (κ1) is 93.5. The Morgan fingerprint density at radius 1 is 0.500 bits per heavy atom. The SMILES string of the molecule is C.C.C.C.C.C.C.C.C.C.C.C.C.C.C.C.O=c1cc(-c2ccc(O)cc2)oc2cc(O)cc(O)c12. The van der Waals surface area contributed by atoms with Gasteiger partial charge in [0.1, 0.15) is 34.0 Å². The van der Waals surface area contributed by atoms with E-state index in [2.05, 4.69) is 0 Å². The molecule has 36 heavy (non-hydrogen) atoms. The molecule has 3 rings (SSSR count). The van der Waals surface area contributed by atoms with Crippen molar-refractivity contribution in [3.8, 4) is 28.6 Å². The van der Waals surface area contributed by atoms with E-state index >= 15 is 0 Å². The van der Waals surface area contributed by atoms with E-state index in [0.29, 0.717) is 5.56 Å². The average Bonchev–Trinajstić information content (AvgIpc) is 2.38. The van der Waals surface area contributed by atoms with Crippen LogP contribution in [-0.4, -0.2) is 15.3 Å². The van der Waals surface area contributed by atoms with Crippen LogP contribution in [0.25, 0.3) is 22.3 Å². The van der Waals surface area contributed by atoms with E-state index in [1.165, 1.54) is 24.3 Å². The van der Waals surface area contributed by atoms with Crippen molar-refractivity contribution in [1.29, 1.82) is 0 Å². The maximum atomic E-state index is 12.0. The highest BCUT2D eigenvalue weighted by Crippen LogP contribution is 2.30. The lowest BCUT2D eigenvalue weighted by atomic mass is 10.1. The van der Waals surface area contributed by atoms with Crippen LogP contribution in [0.3, 0.4) is 0 Å². The fourth-order valence-corrected chi connectivity index (χ4v) is 2.02. The number of benzene rings is 2. The van der Waals surface area contributed by atoms with Gasteiger partial charge >= 0.3 is 0 Å². The molecule has 0 spiro atoms. The molecule has 0 amide bonds. The van der Waals surface area contributed by atoms with Crippen molar-refractivity contribution < 1.29 is 19.7 Å². The summed E-state index contributed by atoms with van der Waals surface area (Å²) in [6, 6.07) is 9.74. The Kier molecular flexibility index (Phi) is 95.1. The van der Waals surface area contributed by atoms with Crippen LogP contribution in [0, 0.1) is 0 Å². The summed E-state index contributed by atoms with van der Waals surface area (Å²) in [6.07, 6.45) is 0. The van der Waals surface area contributed by atoms with Crippen LogP contribution in [0.1, 0.15) is 119 Å². The molecule has 0 saturated carbocycles. The van der Waals surface area contributed by atoms with Crippen molar-refractivity contribution >= 4 is 11.0 Å². The van der Waals surface area contributed by atoms with Gasteiger partial charge in [-0.05, 0) is 24.3 Å². The van der Waals surface area contributed by atoms with Crippen LogP contribution in [0.15, 0.2) is 51.7 Å². The Hall–Kier alpha value is -2.95. The fourth-order valence-electron chi connectivity index (χ4n) is 2.02. The third kappa shape index (κ3) is 18.4. The molecule has 0 saturated heterocycles. The van der Waals surface area contributed by atoms with Crippen LogP contribution in [0.2, 0.25) is 0 Å². The van der Waals surface area contributed by atoms with Crippen LogP contribution in [-0.2, 0) is 0 Å². The summed E-state index contributed by atoms with van der Waals surface area (Å²) in [5.74, 6) is -0.133. The minimum absolute atomic E-state index is 0. The van der Waals surface area contributed by atoms with Crippen molar-refractivity contribution in [3.63, 3.8) is 0 Å². The Labute approximate surface area is 230 Å². The summed E-state index contributed by atoms with van der Waals surface area (Å²) in [4.78, 5) is 12.0. The van der Waals surface area contributed by atoms with Crippen LogP contribution in [0.4, 0.5) is 0 Å². The van der Waals surface area contributed by atoms with E-state index in [9.17, 15) is 20.1 Å². The van der Waals surface area contributed by atoms with Gasteiger partial charge in [0.2, 0.25) is 0 Å². The molecule has 0 aliphatic carbocycles. The molecule has 3 N–H and O–H groups in total. The first-order valence-corrected chi connectivity index (χ1v) is 5.84. The van der Waals surface area contributed by atoms with Gasteiger partial charge in [-0.25, -0.2) is 0 Å². The molecule has 0 radical (unpaired) electrons. The molecule has 5 heteroatoms. The average molecular weight is 527 g/mol. The van der Waals surface area contributed by atoms with Gasteiger partial charge in [0, 0.05) is 23.8 Å². The van der Waals surface area contributed by atoms with Crippen molar-refractivity contribution in [2.24, 2.45) is 0 Å². The molecule has 1 heterocycles. The molecular weight excluding hydrogens is 452 g/mol. The van der Waals surface area contributed by atoms with E-state index in [1.54, 1.807) is 12.1 Å². The molecule has 0 fully saturated rings. The predicted molar refractivity (Wildman–Crippen MR) is 181 cm³/mol. The number of fused-ring (bicyclic) bond motifs is 1. The molecule has 228 valence electrons. The number of aromatic hydroxyl groups is 3. The number of phenols is 3. The van der Waals surface area contributed by atoms with Crippen LogP contribution in [0.5, 0.6) is 17.2 Å². The summed E-state index contributed by atoms with van der Waals surface area (Å²) in [5.41, 5.74) is 0.287. The monoisotopic (exact) mass is 527 g/mol. The van der Waals surface area contributed by atoms with E-state index in [4.69, 9.17) is 4.42 Å². The zero-order chi connectivity index (χ0) is 14.3. The largest absolute Gasteiger partial charge is 0.508 e. The van der Waals surface area contributed by atoms with Gasteiger partial charge in [0.15, 0.2) is 5.43 Å². The lowest BCUT2D eigenvalue weighted by Gasteiger charge is -2.05. The van der Waals surface area contributed by atoms with Crippen molar-refractivity contribution in [3.05, 3.63) is 52.7 Å². The Morgan fingerprint density at radius 2 is 0.889 bits per heavy atom. The van der Waals surface area contributed by atoms with Crippen molar-refractivity contribution in [2.75, 3.05) is 0 Å². The maximum absolute atomic E-state index is 12.0. The first-order valence-electron chi connectivity index (χ1n) is 5.84. The number of phenolic OH excluding ortho intramolecular Hbond substituents is 3. The molecule has 0 atom stereocenters. The Morgan fingerprint density at radius 3 is 1.28 bits per heavy atom. The number of rotatable bonds is 1. The third-order valence-electron chi connectivity index (χ3n) is 2.95. The van der Waals surface area contributed by atoms with Gasteiger partial charge in [-0.15, -0.1) is 0 Å². The van der Waals surface area contributed by atoms with Gasteiger partial charge < -0.3 is 19.7 Å². The summed E-state index contributed by atoms with van der Waals surface area (Å²) < 4.78 is 5.53. The lowest BCUT2D eigenvalue weighted by Crippen LogP contribution is -2.00. The van der Waals surface area contributed by atoms with E-state index < -0.39 is 5.43 Å². The molecule has 0 bridgehead atoms. The quantitative estimate of drug-likeness (QED) is 0.293. The highest BCUT2D eigenvalue weighted by molar-refractivity contribution is 5.85. The van der Waals surface area contributed by atoms with E-state index in [0.717, 1.165) is 6.07 Å². The molecule has 1 aromatic heterocycles. The second kappa shape index (κ2) is 36.6. The maximum Gasteiger partial charge on any atom is 0.197 e. The summed E-state index contributed by atoms with van der Waals surface area (Å²) in [6.45, 7) is 0. The van der Waals surface area contributed by atoms with Crippen molar-refractivity contribution in [1.82, 2.24) is 0 Å². The Bertz CT molecular complexity index is 851. The Balaban J connectivity index is -0.0000000252. The molecule has 5 nitrogen and oxygen atoms in total. The molecule has 0 aliphatic rings. The van der Waals surface area contributed by atoms with E-state index in [1.807, 2.05) is 0 Å². The summed E-state index contributed by atoms with van der Waals surface area (Å²) in [7, 11) is 0.